The second-order valence-corrected chi connectivity index (χ2v) is 8.07. The zero-order valence-electron chi connectivity index (χ0n) is 18.3. The molecule has 4 rings (SSSR count). The normalized spacial score (nSPS) is 14.9. The number of hydrogen-bond acceptors (Lipinski definition) is 7. The molecule has 2 aromatic rings. The van der Waals surface area contributed by atoms with Gasteiger partial charge < -0.3 is 19.3 Å². The van der Waals surface area contributed by atoms with Gasteiger partial charge in [-0.25, -0.2) is 9.59 Å². The molecule has 0 saturated carbocycles. The Kier molecular flexibility index (Phi) is 6.65. The van der Waals surface area contributed by atoms with E-state index in [0.29, 0.717) is 13.1 Å². The predicted octanol–water partition coefficient (Wildman–Crippen LogP) is 2.57. The third-order valence-electron chi connectivity index (χ3n) is 5.74. The number of halogens is 1. The van der Waals surface area contributed by atoms with Gasteiger partial charge >= 0.3 is 12.1 Å². The molecule has 0 atom stereocenters. The largest absolute Gasteiger partial charge is 0.452 e. The molecule has 1 aliphatic carbocycles. The first-order valence-corrected chi connectivity index (χ1v) is 11.1. The highest BCUT2D eigenvalue weighted by molar-refractivity contribution is 6.41. The maximum atomic E-state index is 13.0. The van der Waals surface area contributed by atoms with Gasteiger partial charge in [0.1, 0.15) is 0 Å². The van der Waals surface area contributed by atoms with Crippen LogP contribution in [-0.2, 0) is 14.3 Å². The van der Waals surface area contributed by atoms with Gasteiger partial charge in [0, 0.05) is 42.9 Å². The van der Waals surface area contributed by atoms with Gasteiger partial charge in [0.2, 0.25) is 0 Å². The minimum Gasteiger partial charge on any atom is -0.452 e. The van der Waals surface area contributed by atoms with E-state index in [1.54, 1.807) is 25.1 Å². The van der Waals surface area contributed by atoms with Gasteiger partial charge in [-0.05, 0) is 19.1 Å². The van der Waals surface area contributed by atoms with Crippen molar-refractivity contribution in [1.29, 1.82) is 0 Å². The van der Waals surface area contributed by atoms with Gasteiger partial charge in [0.15, 0.2) is 18.2 Å². The van der Waals surface area contributed by atoms with Crippen LogP contribution in [-0.4, -0.2) is 78.7 Å². The van der Waals surface area contributed by atoms with E-state index in [2.05, 4.69) is 0 Å². The zero-order chi connectivity index (χ0) is 24.4. The van der Waals surface area contributed by atoms with E-state index < -0.39 is 30.4 Å². The van der Waals surface area contributed by atoms with Crippen LogP contribution in [0.5, 0.6) is 0 Å². The Morgan fingerprint density at radius 3 is 2.12 bits per heavy atom. The lowest BCUT2D eigenvalue weighted by molar-refractivity contribution is -0.136. The Labute approximate surface area is 200 Å². The zero-order valence-corrected chi connectivity index (χ0v) is 19.1. The molecule has 1 saturated heterocycles. The van der Waals surface area contributed by atoms with Gasteiger partial charge in [0.25, 0.3) is 5.91 Å². The van der Waals surface area contributed by atoms with Crippen LogP contribution < -0.4 is 0 Å². The van der Waals surface area contributed by atoms with Gasteiger partial charge in [-0.1, -0.05) is 35.9 Å². The number of ketones is 2. The minimum atomic E-state index is -0.884. The lowest BCUT2D eigenvalue weighted by Crippen LogP contribution is -2.51. The second-order valence-electron chi connectivity index (χ2n) is 7.70. The van der Waals surface area contributed by atoms with E-state index >= 15 is 0 Å². The molecule has 2 aliphatic rings. The maximum Gasteiger partial charge on any atom is 0.409 e. The number of nitrogens with zero attached hydrogens (tertiary/aromatic N) is 2. The topological polar surface area (TPSA) is 110 Å². The first kappa shape index (κ1) is 23.4. The SMILES string of the molecule is CCOC(=O)N1CCN(C(=O)COC(=O)c2ccc3c(c2Cl)C(=O)c2ccccc2C3=O)CC1. The van der Waals surface area contributed by atoms with E-state index in [9.17, 15) is 24.0 Å². The van der Waals surface area contributed by atoms with Crippen molar-refractivity contribution in [2.24, 2.45) is 0 Å². The Hall–Kier alpha value is -3.72. The Morgan fingerprint density at radius 1 is 0.853 bits per heavy atom. The molecule has 176 valence electrons. The van der Waals surface area contributed by atoms with Crippen LogP contribution in [0.25, 0.3) is 0 Å². The summed E-state index contributed by atoms with van der Waals surface area (Å²) in [5.41, 5.74) is 0.438. The molecule has 0 spiro atoms. The van der Waals surface area contributed by atoms with Gasteiger partial charge in [0.05, 0.1) is 22.8 Å². The van der Waals surface area contributed by atoms with Crippen LogP contribution in [0, 0.1) is 0 Å². The molecule has 0 N–H and O–H groups in total. The number of hydrogen-bond donors (Lipinski definition) is 0. The van der Waals surface area contributed by atoms with E-state index in [0.717, 1.165) is 0 Å². The number of esters is 1. The van der Waals surface area contributed by atoms with Crippen molar-refractivity contribution in [3.8, 4) is 0 Å². The average molecular weight is 485 g/mol. The second kappa shape index (κ2) is 9.64. The lowest BCUT2D eigenvalue weighted by atomic mass is 9.83. The number of benzene rings is 2. The molecule has 0 radical (unpaired) electrons. The quantitative estimate of drug-likeness (QED) is 0.523. The summed E-state index contributed by atoms with van der Waals surface area (Å²) in [6.45, 7) is 2.65. The Morgan fingerprint density at radius 2 is 1.47 bits per heavy atom. The number of amides is 2. The third-order valence-corrected chi connectivity index (χ3v) is 6.13. The van der Waals surface area contributed by atoms with E-state index in [4.69, 9.17) is 21.1 Å². The molecule has 34 heavy (non-hydrogen) atoms. The molecule has 0 unspecified atom stereocenters. The number of rotatable bonds is 4. The summed E-state index contributed by atoms with van der Waals surface area (Å²) in [5.74, 6) is -2.12. The standard InChI is InChI=1S/C24H21ClN2O7/c1-2-33-24(32)27-11-9-26(10-12-27)18(28)13-34-23(31)17-8-7-16-19(20(17)25)22(30)15-6-4-3-5-14(15)21(16)29/h3-8H,2,9-13H2,1H3. The van der Waals surface area contributed by atoms with Crippen LogP contribution >= 0.6 is 11.6 Å². The molecule has 1 aliphatic heterocycles. The summed E-state index contributed by atoms with van der Waals surface area (Å²) in [5, 5.41) is -0.189. The van der Waals surface area contributed by atoms with Crippen molar-refractivity contribution in [2.45, 2.75) is 6.92 Å². The monoisotopic (exact) mass is 484 g/mol. The summed E-state index contributed by atoms with van der Waals surface area (Å²) in [7, 11) is 0. The van der Waals surface area contributed by atoms with E-state index in [1.807, 2.05) is 0 Å². The smallest absolute Gasteiger partial charge is 0.409 e. The number of ether oxygens (including phenoxy) is 2. The van der Waals surface area contributed by atoms with Crippen molar-refractivity contribution in [1.82, 2.24) is 9.80 Å². The number of carbonyl (C=O) groups excluding carboxylic acids is 5. The van der Waals surface area contributed by atoms with Crippen molar-refractivity contribution in [3.63, 3.8) is 0 Å². The number of piperazine rings is 1. The first-order valence-electron chi connectivity index (χ1n) is 10.7. The van der Waals surface area contributed by atoms with Crippen LogP contribution in [0.1, 0.15) is 49.1 Å². The Balaban J connectivity index is 1.42. The fraction of sp³-hybridized carbons (Fsp3) is 0.292. The van der Waals surface area contributed by atoms with E-state index in [1.165, 1.54) is 28.0 Å². The Bertz CT molecular complexity index is 1200. The van der Waals surface area contributed by atoms with Crippen molar-refractivity contribution < 1.29 is 33.4 Å². The van der Waals surface area contributed by atoms with Gasteiger partial charge in [-0.15, -0.1) is 0 Å². The first-order chi connectivity index (χ1) is 16.3. The fourth-order valence-corrected chi connectivity index (χ4v) is 4.28. The summed E-state index contributed by atoms with van der Waals surface area (Å²) in [4.78, 5) is 65.6. The summed E-state index contributed by atoms with van der Waals surface area (Å²) < 4.78 is 10.1. The maximum absolute atomic E-state index is 13.0. The van der Waals surface area contributed by atoms with Gasteiger partial charge in [-0.2, -0.15) is 0 Å². The molecular formula is C24H21ClN2O7. The van der Waals surface area contributed by atoms with Crippen LogP contribution in [0.15, 0.2) is 36.4 Å². The van der Waals surface area contributed by atoms with Crippen LogP contribution in [0.3, 0.4) is 0 Å². The molecule has 0 bridgehead atoms. The van der Waals surface area contributed by atoms with Crippen LogP contribution in [0.2, 0.25) is 5.02 Å². The lowest BCUT2D eigenvalue weighted by Gasteiger charge is -2.33. The van der Waals surface area contributed by atoms with Crippen LogP contribution in [0.4, 0.5) is 4.79 Å². The van der Waals surface area contributed by atoms with Crippen molar-refractivity contribution in [2.75, 3.05) is 39.4 Å². The summed E-state index contributed by atoms with van der Waals surface area (Å²) in [6.07, 6.45) is -0.432. The van der Waals surface area contributed by atoms with Gasteiger partial charge in [-0.3, -0.25) is 14.4 Å². The molecular weight excluding hydrogens is 464 g/mol. The highest BCUT2D eigenvalue weighted by Gasteiger charge is 2.33. The molecule has 0 aromatic heterocycles. The van der Waals surface area contributed by atoms with E-state index in [-0.39, 0.29) is 58.3 Å². The molecule has 2 aromatic carbocycles. The summed E-state index contributed by atoms with van der Waals surface area (Å²) in [6, 6.07) is 9.07. The predicted molar refractivity (Wildman–Crippen MR) is 120 cm³/mol. The molecule has 9 nitrogen and oxygen atoms in total. The minimum absolute atomic E-state index is 0.0544. The van der Waals surface area contributed by atoms with Crippen molar-refractivity contribution >= 4 is 41.1 Å². The highest BCUT2D eigenvalue weighted by Crippen LogP contribution is 2.34. The fourth-order valence-electron chi connectivity index (χ4n) is 3.95. The van der Waals surface area contributed by atoms with Crippen molar-refractivity contribution in [3.05, 3.63) is 69.2 Å². The highest BCUT2D eigenvalue weighted by atomic mass is 35.5. The number of fused-ring (bicyclic) bond motifs is 2. The average Bonchev–Trinajstić information content (AvgIpc) is 2.85. The third kappa shape index (κ3) is 4.26. The molecule has 1 heterocycles. The summed E-state index contributed by atoms with van der Waals surface area (Å²) >= 11 is 6.37. The molecule has 1 fully saturated rings. The number of carbonyl (C=O) groups is 5. The molecule has 2 amide bonds. The molecule has 10 heteroatoms.